The summed E-state index contributed by atoms with van der Waals surface area (Å²) in [7, 11) is -3.72. The van der Waals surface area contributed by atoms with E-state index in [1.807, 2.05) is 35.2 Å². The second-order valence-corrected chi connectivity index (χ2v) is 9.00. The van der Waals surface area contributed by atoms with Gasteiger partial charge >= 0.3 is 0 Å². The molecule has 1 heterocycles. The summed E-state index contributed by atoms with van der Waals surface area (Å²) < 4.78 is 38.6. The van der Waals surface area contributed by atoms with Gasteiger partial charge in [-0.05, 0) is 42.3 Å². The number of nitrogens with zero attached hydrogens (tertiary/aromatic N) is 1. The van der Waals surface area contributed by atoms with E-state index in [0.717, 1.165) is 23.4 Å². The first-order valence-corrected chi connectivity index (χ1v) is 10.9. The maximum absolute atomic E-state index is 13.5. The van der Waals surface area contributed by atoms with Crippen LogP contribution in [0.1, 0.15) is 18.5 Å². The Morgan fingerprint density at radius 3 is 2.48 bits per heavy atom. The average molecular weight is 409 g/mol. The summed E-state index contributed by atoms with van der Waals surface area (Å²) in [5.74, 6) is -1.80. The van der Waals surface area contributed by atoms with Gasteiger partial charge in [-0.15, -0.1) is 0 Å². The zero-order valence-electron chi connectivity index (χ0n) is 15.8. The van der Waals surface area contributed by atoms with Gasteiger partial charge in [-0.2, -0.15) is 0 Å². The monoisotopic (exact) mass is 409 g/mol. The average Bonchev–Trinajstić information content (AvgIpc) is 2.72. The highest BCUT2D eigenvalue weighted by atomic mass is 32.2. The summed E-state index contributed by atoms with van der Waals surface area (Å²) >= 11 is 0. The zero-order valence-corrected chi connectivity index (χ0v) is 16.6. The quantitative estimate of drug-likeness (QED) is 0.654. The SMILES string of the molecule is CC1c2ccccc2-c2ccccc2N1C=CCS(=O)(=O)c1ccc(O)c(F)c1. The molecule has 0 bridgehead atoms. The summed E-state index contributed by atoms with van der Waals surface area (Å²) in [6, 6.07) is 19.3. The minimum Gasteiger partial charge on any atom is -0.505 e. The maximum atomic E-state index is 13.5. The highest BCUT2D eigenvalue weighted by Gasteiger charge is 2.26. The number of rotatable bonds is 4. The van der Waals surface area contributed by atoms with E-state index >= 15 is 0 Å². The maximum Gasteiger partial charge on any atom is 0.182 e. The number of fused-ring (bicyclic) bond motifs is 3. The van der Waals surface area contributed by atoms with Gasteiger partial charge < -0.3 is 10.0 Å². The third kappa shape index (κ3) is 3.51. The Balaban J connectivity index is 1.64. The molecule has 3 aromatic carbocycles. The largest absolute Gasteiger partial charge is 0.505 e. The number of phenols is 1. The van der Waals surface area contributed by atoms with Gasteiger partial charge in [0.05, 0.1) is 16.7 Å². The van der Waals surface area contributed by atoms with Crippen LogP contribution in [0.2, 0.25) is 0 Å². The van der Waals surface area contributed by atoms with E-state index in [-0.39, 0.29) is 16.7 Å². The van der Waals surface area contributed by atoms with Gasteiger partial charge in [0.1, 0.15) is 0 Å². The molecule has 29 heavy (non-hydrogen) atoms. The van der Waals surface area contributed by atoms with Gasteiger partial charge in [-0.25, -0.2) is 12.8 Å². The molecule has 0 spiro atoms. The van der Waals surface area contributed by atoms with Gasteiger partial charge in [0.2, 0.25) is 0 Å². The fourth-order valence-corrected chi connectivity index (χ4v) is 4.75. The molecule has 0 saturated heterocycles. The fourth-order valence-electron chi connectivity index (χ4n) is 3.66. The van der Waals surface area contributed by atoms with Crippen LogP contribution in [0.5, 0.6) is 5.75 Å². The molecule has 1 aliphatic rings. The molecule has 1 unspecified atom stereocenters. The number of benzene rings is 3. The van der Waals surface area contributed by atoms with Crippen LogP contribution < -0.4 is 4.90 Å². The smallest absolute Gasteiger partial charge is 0.182 e. The molecule has 0 radical (unpaired) electrons. The topological polar surface area (TPSA) is 57.6 Å². The third-order valence-corrected chi connectivity index (χ3v) is 6.76. The summed E-state index contributed by atoms with van der Waals surface area (Å²) in [6.07, 6.45) is 3.34. The van der Waals surface area contributed by atoms with E-state index in [0.29, 0.717) is 0 Å². The van der Waals surface area contributed by atoms with E-state index in [1.54, 1.807) is 12.3 Å². The van der Waals surface area contributed by atoms with Gasteiger partial charge in [0, 0.05) is 17.5 Å². The predicted molar refractivity (Wildman–Crippen MR) is 112 cm³/mol. The minimum atomic E-state index is -3.72. The first kappa shape index (κ1) is 19.2. The number of para-hydroxylation sites is 1. The Hall–Kier alpha value is -3.12. The number of halogens is 1. The number of sulfone groups is 1. The van der Waals surface area contributed by atoms with Crippen LogP contribution >= 0.6 is 0 Å². The lowest BCUT2D eigenvalue weighted by Crippen LogP contribution is -2.25. The van der Waals surface area contributed by atoms with Crippen LogP contribution in [0.15, 0.2) is 83.9 Å². The zero-order chi connectivity index (χ0) is 20.6. The molecule has 4 rings (SSSR count). The molecule has 3 aromatic rings. The number of anilines is 1. The molecule has 0 fully saturated rings. The molecule has 0 saturated carbocycles. The van der Waals surface area contributed by atoms with Crippen LogP contribution in [-0.2, 0) is 9.84 Å². The number of aromatic hydroxyl groups is 1. The lowest BCUT2D eigenvalue weighted by Gasteiger charge is -2.36. The standard InChI is InChI=1S/C23H20FNO3S/c1-16-18-7-2-3-8-19(18)20-9-4-5-10-22(20)25(16)13-6-14-29(27,28)17-11-12-23(26)21(24)15-17/h2-13,15-16,26H,14H2,1H3. The van der Waals surface area contributed by atoms with Gasteiger partial charge in [-0.3, -0.25) is 0 Å². The molecule has 148 valence electrons. The summed E-state index contributed by atoms with van der Waals surface area (Å²) in [5.41, 5.74) is 4.43. The predicted octanol–water partition coefficient (Wildman–Crippen LogP) is 5.07. The van der Waals surface area contributed by atoms with Crippen LogP contribution in [0, 0.1) is 5.82 Å². The van der Waals surface area contributed by atoms with Crippen molar-refractivity contribution in [3.05, 3.63) is 90.4 Å². The molecule has 1 N–H and O–H groups in total. The van der Waals surface area contributed by atoms with Gasteiger partial charge in [-0.1, -0.05) is 48.5 Å². The minimum absolute atomic E-state index is 0.0335. The molecule has 4 nitrogen and oxygen atoms in total. The van der Waals surface area contributed by atoms with Crippen molar-refractivity contribution in [1.29, 1.82) is 0 Å². The molecule has 0 aromatic heterocycles. The van der Waals surface area contributed by atoms with Crippen LogP contribution in [0.4, 0.5) is 10.1 Å². The van der Waals surface area contributed by atoms with Crippen molar-refractivity contribution < 1.29 is 17.9 Å². The molecule has 1 atom stereocenters. The van der Waals surface area contributed by atoms with E-state index < -0.39 is 21.4 Å². The molecule has 0 amide bonds. The van der Waals surface area contributed by atoms with Crippen LogP contribution in [0.3, 0.4) is 0 Å². The highest BCUT2D eigenvalue weighted by molar-refractivity contribution is 7.91. The first-order chi connectivity index (χ1) is 13.9. The van der Waals surface area contributed by atoms with Crippen molar-refractivity contribution in [2.24, 2.45) is 0 Å². The first-order valence-electron chi connectivity index (χ1n) is 9.23. The van der Waals surface area contributed by atoms with Crippen molar-refractivity contribution in [3.63, 3.8) is 0 Å². The molecule has 1 aliphatic heterocycles. The summed E-state index contributed by atoms with van der Waals surface area (Å²) in [6.45, 7) is 2.07. The van der Waals surface area contributed by atoms with Crippen LogP contribution in [0.25, 0.3) is 11.1 Å². The number of hydrogen-bond donors (Lipinski definition) is 1. The molecule has 0 aliphatic carbocycles. The Kier molecular flexibility index (Phi) is 4.88. The molecular formula is C23H20FNO3S. The second kappa shape index (κ2) is 7.37. The van der Waals surface area contributed by atoms with Crippen molar-refractivity contribution >= 4 is 15.5 Å². The number of hydrogen-bond acceptors (Lipinski definition) is 4. The van der Waals surface area contributed by atoms with Gasteiger partial charge in [0.25, 0.3) is 0 Å². The Labute approximate surface area is 169 Å². The van der Waals surface area contributed by atoms with E-state index in [9.17, 15) is 17.9 Å². The third-order valence-electron chi connectivity index (χ3n) is 5.16. The summed E-state index contributed by atoms with van der Waals surface area (Å²) in [5, 5.41) is 9.27. The highest BCUT2D eigenvalue weighted by Crippen LogP contribution is 2.44. The lowest BCUT2D eigenvalue weighted by molar-refractivity contribution is 0.431. The van der Waals surface area contributed by atoms with E-state index in [1.165, 1.54) is 17.2 Å². The Morgan fingerprint density at radius 1 is 1.03 bits per heavy atom. The summed E-state index contributed by atoms with van der Waals surface area (Å²) in [4.78, 5) is 1.89. The van der Waals surface area contributed by atoms with Crippen molar-refractivity contribution in [2.45, 2.75) is 17.9 Å². The van der Waals surface area contributed by atoms with Crippen LogP contribution in [-0.4, -0.2) is 19.3 Å². The fraction of sp³-hybridized carbons (Fsp3) is 0.130. The Bertz CT molecular complexity index is 1200. The number of phenolic OH excluding ortho intramolecular Hbond substituents is 1. The van der Waals surface area contributed by atoms with E-state index in [2.05, 4.69) is 25.1 Å². The van der Waals surface area contributed by atoms with Gasteiger partial charge in [0.15, 0.2) is 21.4 Å². The normalized spacial score (nSPS) is 15.9. The Morgan fingerprint density at radius 2 is 1.72 bits per heavy atom. The molecular weight excluding hydrogens is 389 g/mol. The lowest BCUT2D eigenvalue weighted by atomic mass is 9.89. The second-order valence-electron chi connectivity index (χ2n) is 6.97. The van der Waals surface area contributed by atoms with Crippen molar-refractivity contribution in [3.8, 4) is 16.9 Å². The van der Waals surface area contributed by atoms with E-state index in [4.69, 9.17) is 0 Å². The molecule has 6 heteroatoms. The van der Waals surface area contributed by atoms with Crippen molar-refractivity contribution in [1.82, 2.24) is 0 Å². The van der Waals surface area contributed by atoms with Crippen molar-refractivity contribution in [2.75, 3.05) is 10.7 Å².